The van der Waals surface area contributed by atoms with Crippen molar-refractivity contribution in [3.05, 3.63) is 23.3 Å². The van der Waals surface area contributed by atoms with Crippen molar-refractivity contribution in [3.8, 4) is 0 Å². The van der Waals surface area contributed by atoms with Crippen molar-refractivity contribution in [2.24, 2.45) is 5.73 Å². The summed E-state index contributed by atoms with van der Waals surface area (Å²) in [5.74, 6) is -0.0408. The van der Waals surface area contributed by atoms with Gasteiger partial charge in [0.2, 0.25) is 5.82 Å². The average Bonchev–Trinajstić information content (AvgIpc) is 2.28. The monoisotopic (exact) mass is 234 g/mol. The Bertz CT molecular complexity index is 433. The molecule has 2 N–H and O–H groups in total. The van der Waals surface area contributed by atoms with Gasteiger partial charge in [-0.15, -0.1) is 0 Å². The van der Waals surface area contributed by atoms with Crippen molar-refractivity contribution < 1.29 is 4.79 Å². The van der Waals surface area contributed by atoms with Crippen LogP contribution in [0, 0.1) is 6.92 Å². The van der Waals surface area contributed by atoms with Gasteiger partial charge in [0.25, 0.3) is 5.91 Å². The number of nitrogens with two attached hydrogens (primary N) is 1. The molecule has 5 heteroatoms. The second-order valence-corrected chi connectivity index (χ2v) is 4.72. The molecular weight excluding hydrogens is 216 g/mol. The number of amides is 1. The van der Waals surface area contributed by atoms with Crippen molar-refractivity contribution in [1.29, 1.82) is 0 Å². The van der Waals surface area contributed by atoms with Crippen LogP contribution < -0.4 is 5.73 Å². The first kappa shape index (κ1) is 12.0. The van der Waals surface area contributed by atoms with Crippen LogP contribution in [0.25, 0.3) is 0 Å². The standard InChI is InChI=1S/C12H18N4O/c1-8-6-10(15-12(14-8)11(13)17)9-4-3-5-16(2)7-9/h6,9H,3-5,7H2,1-2H3,(H2,13,17). The third-order valence-electron chi connectivity index (χ3n) is 3.14. The third-order valence-corrected chi connectivity index (χ3v) is 3.14. The van der Waals surface area contributed by atoms with E-state index in [1.807, 2.05) is 13.0 Å². The Morgan fingerprint density at radius 3 is 2.94 bits per heavy atom. The van der Waals surface area contributed by atoms with Crippen LogP contribution in [0.5, 0.6) is 0 Å². The van der Waals surface area contributed by atoms with Gasteiger partial charge in [-0.2, -0.15) is 0 Å². The third kappa shape index (κ3) is 2.79. The Kier molecular flexibility index (Phi) is 3.38. The summed E-state index contributed by atoms with van der Waals surface area (Å²) >= 11 is 0. The number of carbonyl (C=O) groups excluding carboxylic acids is 1. The van der Waals surface area contributed by atoms with Gasteiger partial charge in [0.15, 0.2) is 0 Å². The number of primary amides is 1. The average molecular weight is 234 g/mol. The number of hydrogen-bond donors (Lipinski definition) is 1. The van der Waals surface area contributed by atoms with Gasteiger partial charge in [-0.05, 0) is 39.4 Å². The van der Waals surface area contributed by atoms with Crippen LogP contribution in [0.15, 0.2) is 6.07 Å². The van der Waals surface area contributed by atoms with Gasteiger partial charge < -0.3 is 10.6 Å². The smallest absolute Gasteiger partial charge is 0.286 e. The first-order valence-corrected chi connectivity index (χ1v) is 5.90. The van der Waals surface area contributed by atoms with Gasteiger partial charge in [0, 0.05) is 23.9 Å². The molecule has 0 aliphatic carbocycles. The SMILES string of the molecule is Cc1cc(C2CCCN(C)C2)nc(C(N)=O)n1. The largest absolute Gasteiger partial charge is 0.363 e. The predicted molar refractivity (Wildman–Crippen MR) is 64.8 cm³/mol. The molecule has 1 aliphatic heterocycles. The maximum absolute atomic E-state index is 11.1. The molecule has 92 valence electrons. The molecule has 0 bridgehead atoms. The molecule has 1 aromatic rings. The fraction of sp³-hybridized carbons (Fsp3) is 0.583. The van der Waals surface area contributed by atoms with Crippen molar-refractivity contribution in [1.82, 2.24) is 14.9 Å². The maximum Gasteiger partial charge on any atom is 0.286 e. The topological polar surface area (TPSA) is 72.1 Å². The Morgan fingerprint density at radius 2 is 2.29 bits per heavy atom. The maximum atomic E-state index is 11.1. The molecule has 5 nitrogen and oxygen atoms in total. The molecule has 0 aromatic carbocycles. The van der Waals surface area contributed by atoms with Crippen molar-refractivity contribution >= 4 is 5.91 Å². The molecular formula is C12H18N4O. The van der Waals surface area contributed by atoms with E-state index in [0.29, 0.717) is 5.92 Å². The lowest BCUT2D eigenvalue weighted by molar-refractivity contribution is 0.0989. The summed E-state index contributed by atoms with van der Waals surface area (Å²) in [6.07, 6.45) is 2.27. The molecule has 1 aliphatic rings. The van der Waals surface area contributed by atoms with Crippen LogP contribution in [0.3, 0.4) is 0 Å². The number of aryl methyl sites for hydroxylation is 1. The quantitative estimate of drug-likeness (QED) is 0.817. The first-order chi connectivity index (χ1) is 8.06. The fourth-order valence-electron chi connectivity index (χ4n) is 2.32. The molecule has 1 fully saturated rings. The molecule has 1 unspecified atom stereocenters. The lowest BCUT2D eigenvalue weighted by atomic mass is 9.94. The molecule has 17 heavy (non-hydrogen) atoms. The Hall–Kier alpha value is -1.49. The van der Waals surface area contributed by atoms with E-state index in [1.54, 1.807) is 0 Å². The Morgan fingerprint density at radius 1 is 1.53 bits per heavy atom. The highest BCUT2D eigenvalue weighted by molar-refractivity contribution is 5.88. The summed E-state index contributed by atoms with van der Waals surface area (Å²) in [6, 6.07) is 1.95. The normalized spacial score (nSPS) is 21.4. The van der Waals surface area contributed by atoms with E-state index in [1.165, 1.54) is 0 Å². The number of hydrogen-bond acceptors (Lipinski definition) is 4. The summed E-state index contributed by atoms with van der Waals surface area (Å²) in [4.78, 5) is 21.8. The Labute approximate surface area is 101 Å². The van der Waals surface area contributed by atoms with E-state index in [0.717, 1.165) is 37.3 Å². The van der Waals surface area contributed by atoms with Crippen molar-refractivity contribution in [3.63, 3.8) is 0 Å². The van der Waals surface area contributed by atoms with E-state index in [2.05, 4.69) is 21.9 Å². The van der Waals surface area contributed by atoms with E-state index < -0.39 is 5.91 Å². The zero-order chi connectivity index (χ0) is 12.4. The van der Waals surface area contributed by atoms with Crippen LogP contribution in [-0.4, -0.2) is 40.9 Å². The van der Waals surface area contributed by atoms with Gasteiger partial charge in [-0.25, -0.2) is 9.97 Å². The summed E-state index contributed by atoms with van der Waals surface area (Å²) in [5, 5.41) is 0. The Balaban J connectivity index is 2.28. The molecule has 0 saturated carbocycles. The highest BCUT2D eigenvalue weighted by Crippen LogP contribution is 2.25. The second-order valence-electron chi connectivity index (χ2n) is 4.72. The van der Waals surface area contributed by atoms with Crippen LogP contribution in [0.4, 0.5) is 0 Å². The molecule has 0 spiro atoms. The highest BCUT2D eigenvalue weighted by Gasteiger charge is 2.21. The summed E-state index contributed by atoms with van der Waals surface area (Å²) in [7, 11) is 2.11. The molecule has 1 saturated heterocycles. The summed E-state index contributed by atoms with van der Waals surface area (Å²) < 4.78 is 0. The molecule has 2 rings (SSSR count). The van der Waals surface area contributed by atoms with Gasteiger partial charge in [0.05, 0.1) is 0 Å². The lowest BCUT2D eigenvalue weighted by Gasteiger charge is -2.29. The number of piperidine rings is 1. The highest BCUT2D eigenvalue weighted by atomic mass is 16.1. The number of carbonyl (C=O) groups is 1. The van der Waals surface area contributed by atoms with Crippen LogP contribution >= 0.6 is 0 Å². The number of likely N-dealkylation sites (N-methyl/N-ethyl adjacent to an activating group) is 1. The number of aromatic nitrogens is 2. The van der Waals surface area contributed by atoms with Crippen molar-refractivity contribution in [2.75, 3.05) is 20.1 Å². The number of likely N-dealkylation sites (tertiary alicyclic amines) is 1. The summed E-state index contributed by atoms with van der Waals surface area (Å²) in [6.45, 7) is 3.97. The van der Waals surface area contributed by atoms with Gasteiger partial charge in [0.1, 0.15) is 0 Å². The van der Waals surface area contributed by atoms with Gasteiger partial charge in [-0.3, -0.25) is 4.79 Å². The minimum atomic E-state index is -0.556. The number of nitrogens with zero attached hydrogens (tertiary/aromatic N) is 3. The van der Waals surface area contributed by atoms with E-state index in [9.17, 15) is 4.79 Å². The molecule has 1 amide bonds. The van der Waals surface area contributed by atoms with E-state index >= 15 is 0 Å². The number of rotatable bonds is 2. The van der Waals surface area contributed by atoms with Crippen LogP contribution in [0.1, 0.15) is 40.8 Å². The van der Waals surface area contributed by atoms with E-state index in [-0.39, 0.29) is 5.82 Å². The first-order valence-electron chi connectivity index (χ1n) is 5.90. The molecule has 0 radical (unpaired) electrons. The lowest BCUT2D eigenvalue weighted by Crippen LogP contribution is -2.31. The van der Waals surface area contributed by atoms with Crippen LogP contribution in [0.2, 0.25) is 0 Å². The molecule has 2 heterocycles. The minimum absolute atomic E-state index is 0.133. The zero-order valence-corrected chi connectivity index (χ0v) is 10.3. The molecule has 1 aromatic heterocycles. The second kappa shape index (κ2) is 4.79. The van der Waals surface area contributed by atoms with E-state index in [4.69, 9.17) is 5.73 Å². The summed E-state index contributed by atoms with van der Waals surface area (Å²) in [5.41, 5.74) is 6.98. The van der Waals surface area contributed by atoms with Gasteiger partial charge >= 0.3 is 0 Å². The van der Waals surface area contributed by atoms with Gasteiger partial charge in [-0.1, -0.05) is 0 Å². The minimum Gasteiger partial charge on any atom is -0.363 e. The zero-order valence-electron chi connectivity index (χ0n) is 10.3. The van der Waals surface area contributed by atoms with Crippen molar-refractivity contribution in [2.45, 2.75) is 25.7 Å². The van der Waals surface area contributed by atoms with Crippen LogP contribution in [-0.2, 0) is 0 Å². The predicted octanol–water partition coefficient (Wildman–Crippen LogP) is 0.693. The molecule has 1 atom stereocenters. The fourth-order valence-corrected chi connectivity index (χ4v) is 2.32.